The highest BCUT2D eigenvalue weighted by atomic mass is 31.0. The van der Waals surface area contributed by atoms with Crippen LogP contribution in [0.5, 0.6) is 0 Å². The van der Waals surface area contributed by atoms with E-state index < -0.39 is 6.29 Å². The second-order valence-electron chi connectivity index (χ2n) is 1.17. The molecule has 2 atom stereocenters. The molecule has 0 radical (unpaired) electrons. The van der Waals surface area contributed by atoms with Gasteiger partial charge in [-0.05, 0) is 6.54 Å². The molecule has 0 aromatic carbocycles. The van der Waals surface area contributed by atoms with Crippen LogP contribution < -0.4 is 5.73 Å². The largest absolute Gasteiger partial charge is 0.368 e. The minimum atomic E-state index is -0.713. The van der Waals surface area contributed by atoms with E-state index in [1.165, 1.54) is 0 Å². The fourth-order valence-corrected chi connectivity index (χ4v) is 0.347. The predicted octanol–water partition coefficient (Wildman–Crippen LogP) is -0.540. The van der Waals surface area contributed by atoms with E-state index in [0.29, 0.717) is 13.0 Å². The van der Waals surface area contributed by atoms with Crippen molar-refractivity contribution in [3.8, 4) is 0 Å². The molecule has 7 heavy (non-hydrogen) atoms. The van der Waals surface area contributed by atoms with Gasteiger partial charge in [0.2, 0.25) is 0 Å². The van der Waals surface area contributed by atoms with E-state index in [1.54, 1.807) is 0 Å². The maximum Gasteiger partial charge on any atom is 0.158 e. The molecule has 0 spiro atoms. The Morgan fingerprint density at radius 3 is 2.57 bits per heavy atom. The fourth-order valence-electron chi connectivity index (χ4n) is 0.211. The third kappa shape index (κ3) is 4.16. The highest BCUT2D eigenvalue weighted by Gasteiger charge is 1.95. The lowest BCUT2D eigenvalue weighted by molar-refractivity contribution is -0.00639. The van der Waals surface area contributed by atoms with Crippen molar-refractivity contribution in [3.05, 3.63) is 0 Å². The summed E-state index contributed by atoms with van der Waals surface area (Å²) in [5.74, 6) is 0. The van der Waals surface area contributed by atoms with Crippen LogP contribution in [0.25, 0.3) is 0 Å². The van der Waals surface area contributed by atoms with Crippen molar-refractivity contribution in [3.63, 3.8) is 0 Å². The molecule has 0 aliphatic heterocycles. The first-order chi connectivity index (χ1) is 3.31. The molecule has 3 N–H and O–H groups in total. The molecule has 0 heterocycles. The molecular formula is C3H10NO2P. The SMILES string of the molecule is NCCC(O)OP. The predicted molar refractivity (Wildman–Crippen MR) is 30.5 cm³/mol. The molecule has 0 saturated carbocycles. The Morgan fingerprint density at radius 1 is 1.86 bits per heavy atom. The fraction of sp³-hybridized carbons (Fsp3) is 1.00. The van der Waals surface area contributed by atoms with Crippen LogP contribution in [-0.2, 0) is 4.52 Å². The Balaban J connectivity index is 2.83. The molecule has 0 amide bonds. The van der Waals surface area contributed by atoms with Gasteiger partial charge in [0.15, 0.2) is 6.29 Å². The Hall–Kier alpha value is 0.310. The number of rotatable bonds is 3. The molecule has 0 fully saturated rings. The van der Waals surface area contributed by atoms with Crippen molar-refractivity contribution in [2.45, 2.75) is 12.7 Å². The van der Waals surface area contributed by atoms with Crippen LogP contribution in [-0.4, -0.2) is 17.9 Å². The van der Waals surface area contributed by atoms with E-state index >= 15 is 0 Å². The van der Waals surface area contributed by atoms with E-state index in [-0.39, 0.29) is 0 Å². The molecule has 0 aromatic heterocycles. The van der Waals surface area contributed by atoms with Crippen LogP contribution in [0, 0.1) is 0 Å². The lowest BCUT2D eigenvalue weighted by atomic mass is 10.4. The lowest BCUT2D eigenvalue weighted by Gasteiger charge is -2.03. The maximum atomic E-state index is 8.53. The van der Waals surface area contributed by atoms with Gasteiger partial charge < -0.3 is 15.4 Å². The zero-order valence-electron chi connectivity index (χ0n) is 4.00. The van der Waals surface area contributed by atoms with E-state index in [4.69, 9.17) is 10.8 Å². The van der Waals surface area contributed by atoms with Gasteiger partial charge >= 0.3 is 0 Å². The van der Waals surface area contributed by atoms with Gasteiger partial charge in [0.25, 0.3) is 0 Å². The molecular weight excluding hydrogens is 113 g/mol. The molecule has 0 aliphatic rings. The monoisotopic (exact) mass is 123 g/mol. The van der Waals surface area contributed by atoms with E-state index in [1.807, 2.05) is 9.47 Å². The smallest absolute Gasteiger partial charge is 0.158 e. The van der Waals surface area contributed by atoms with Crippen LogP contribution in [0.4, 0.5) is 0 Å². The lowest BCUT2D eigenvalue weighted by Crippen LogP contribution is -2.12. The Labute approximate surface area is 45.1 Å². The van der Waals surface area contributed by atoms with Crippen molar-refractivity contribution in [2.75, 3.05) is 6.54 Å². The highest BCUT2D eigenvalue weighted by molar-refractivity contribution is 7.09. The highest BCUT2D eigenvalue weighted by Crippen LogP contribution is 1.95. The molecule has 0 saturated heterocycles. The Kier molecular flexibility index (Phi) is 4.67. The summed E-state index contributed by atoms with van der Waals surface area (Å²) in [6.07, 6.45) is -0.223. The number of nitrogens with two attached hydrogens (primary N) is 1. The Morgan fingerprint density at radius 2 is 2.43 bits per heavy atom. The minimum absolute atomic E-state index is 0.454. The molecule has 0 bridgehead atoms. The van der Waals surface area contributed by atoms with Gasteiger partial charge in [0.05, 0.1) is 0 Å². The normalized spacial score (nSPS) is 14.1. The van der Waals surface area contributed by atoms with Crippen LogP contribution in [0.2, 0.25) is 0 Å². The summed E-state index contributed by atoms with van der Waals surface area (Å²) in [6.45, 7) is 0.454. The summed E-state index contributed by atoms with van der Waals surface area (Å²) < 4.78 is 4.38. The first-order valence-corrected chi connectivity index (χ1v) is 2.52. The number of hydrogen-bond donors (Lipinski definition) is 2. The molecule has 0 rings (SSSR count). The molecule has 0 aliphatic carbocycles. The summed E-state index contributed by atoms with van der Waals surface area (Å²) in [5.41, 5.74) is 5.06. The maximum absolute atomic E-state index is 8.53. The summed E-state index contributed by atoms with van der Waals surface area (Å²) in [6, 6.07) is 0. The van der Waals surface area contributed by atoms with E-state index in [0.717, 1.165) is 0 Å². The minimum Gasteiger partial charge on any atom is -0.368 e. The van der Waals surface area contributed by atoms with Crippen LogP contribution in [0.15, 0.2) is 0 Å². The van der Waals surface area contributed by atoms with Crippen molar-refractivity contribution in [2.24, 2.45) is 5.73 Å². The average molecular weight is 123 g/mol. The van der Waals surface area contributed by atoms with Crippen LogP contribution >= 0.6 is 9.47 Å². The second-order valence-corrected chi connectivity index (χ2v) is 1.44. The molecule has 3 nitrogen and oxygen atoms in total. The third-order valence-electron chi connectivity index (χ3n) is 0.571. The van der Waals surface area contributed by atoms with Crippen molar-refractivity contribution in [1.82, 2.24) is 0 Å². The molecule has 4 heteroatoms. The van der Waals surface area contributed by atoms with Crippen molar-refractivity contribution >= 4 is 9.47 Å². The van der Waals surface area contributed by atoms with Crippen molar-refractivity contribution in [1.29, 1.82) is 0 Å². The van der Waals surface area contributed by atoms with Crippen LogP contribution in [0.1, 0.15) is 6.42 Å². The molecule has 0 aromatic rings. The molecule has 2 unspecified atom stereocenters. The van der Waals surface area contributed by atoms with Gasteiger partial charge in [-0.1, -0.05) is 0 Å². The number of hydrogen-bond acceptors (Lipinski definition) is 3. The zero-order chi connectivity index (χ0) is 5.70. The van der Waals surface area contributed by atoms with E-state index in [9.17, 15) is 0 Å². The van der Waals surface area contributed by atoms with Crippen LogP contribution in [0.3, 0.4) is 0 Å². The third-order valence-corrected chi connectivity index (χ3v) is 0.885. The van der Waals surface area contributed by atoms with Gasteiger partial charge in [-0.15, -0.1) is 0 Å². The molecule has 44 valence electrons. The first kappa shape index (κ1) is 7.31. The second kappa shape index (κ2) is 4.47. The summed E-state index contributed by atoms with van der Waals surface area (Å²) in [4.78, 5) is 0. The quantitative estimate of drug-likeness (QED) is 0.391. The zero-order valence-corrected chi connectivity index (χ0v) is 5.16. The van der Waals surface area contributed by atoms with Gasteiger partial charge in [0.1, 0.15) is 0 Å². The number of aliphatic hydroxyl groups excluding tert-OH is 1. The van der Waals surface area contributed by atoms with Gasteiger partial charge in [-0.2, -0.15) is 0 Å². The standard InChI is InChI=1S/C3H10NO2P/c4-2-1-3(5)6-7/h3,5H,1-2,4,7H2. The summed E-state index contributed by atoms with van der Waals surface area (Å²) in [5, 5.41) is 8.53. The summed E-state index contributed by atoms with van der Waals surface area (Å²) >= 11 is 0. The summed E-state index contributed by atoms with van der Waals surface area (Å²) in [7, 11) is 1.96. The van der Waals surface area contributed by atoms with Crippen molar-refractivity contribution < 1.29 is 9.63 Å². The van der Waals surface area contributed by atoms with Gasteiger partial charge in [-0.3, -0.25) is 0 Å². The van der Waals surface area contributed by atoms with Gasteiger partial charge in [0, 0.05) is 15.9 Å². The Bertz CT molecular complexity index is 43.9. The van der Waals surface area contributed by atoms with Gasteiger partial charge in [-0.25, -0.2) is 0 Å². The van der Waals surface area contributed by atoms with E-state index in [2.05, 4.69) is 4.52 Å². The topological polar surface area (TPSA) is 55.5 Å². The first-order valence-electron chi connectivity index (χ1n) is 2.05. The number of aliphatic hydroxyl groups is 1. The average Bonchev–Trinajstić information content (AvgIpc) is 1.68.